The second kappa shape index (κ2) is 8.37. The zero-order chi connectivity index (χ0) is 19.3. The first-order valence-corrected chi connectivity index (χ1v) is 10.2. The third-order valence-corrected chi connectivity index (χ3v) is 6.24. The SMILES string of the molecule is Cc1ccc(S(=O)(=O)N(C)CCOc2ccc(-c3ccccc3)cc2)cc1. The average Bonchev–Trinajstić information content (AvgIpc) is 2.69. The Balaban J connectivity index is 1.57. The maximum Gasteiger partial charge on any atom is 0.242 e. The fourth-order valence-corrected chi connectivity index (χ4v) is 3.83. The van der Waals surface area contributed by atoms with Gasteiger partial charge in [0.1, 0.15) is 12.4 Å². The summed E-state index contributed by atoms with van der Waals surface area (Å²) < 4.78 is 32.1. The summed E-state index contributed by atoms with van der Waals surface area (Å²) in [6.45, 7) is 2.49. The van der Waals surface area contributed by atoms with Crippen LogP contribution in [0, 0.1) is 6.92 Å². The predicted octanol–water partition coefficient (Wildman–Crippen LogP) is 4.36. The number of likely N-dealkylation sites (N-methyl/N-ethyl adjacent to an activating group) is 1. The van der Waals surface area contributed by atoms with E-state index in [0.717, 1.165) is 22.4 Å². The van der Waals surface area contributed by atoms with Crippen molar-refractivity contribution >= 4 is 10.0 Å². The van der Waals surface area contributed by atoms with Crippen molar-refractivity contribution in [1.29, 1.82) is 0 Å². The van der Waals surface area contributed by atoms with Gasteiger partial charge in [0.05, 0.1) is 4.90 Å². The minimum atomic E-state index is -3.50. The molecule has 0 saturated heterocycles. The average molecular weight is 381 g/mol. The minimum absolute atomic E-state index is 0.274. The van der Waals surface area contributed by atoms with E-state index < -0.39 is 10.0 Å². The molecule has 0 aromatic heterocycles. The van der Waals surface area contributed by atoms with Gasteiger partial charge in [-0.15, -0.1) is 0 Å². The standard InChI is InChI=1S/C22H23NO3S/c1-18-8-14-22(15-9-18)27(24,25)23(2)16-17-26-21-12-10-20(11-13-21)19-6-4-3-5-7-19/h3-15H,16-17H2,1-2H3. The van der Waals surface area contributed by atoms with Gasteiger partial charge in [0.25, 0.3) is 0 Å². The zero-order valence-corrected chi connectivity index (χ0v) is 16.3. The highest BCUT2D eigenvalue weighted by molar-refractivity contribution is 7.89. The normalized spacial score (nSPS) is 11.5. The summed E-state index contributed by atoms with van der Waals surface area (Å²) in [5.74, 6) is 0.718. The molecule has 0 aliphatic heterocycles. The molecule has 3 rings (SSSR count). The van der Waals surface area contributed by atoms with Crippen LogP contribution >= 0.6 is 0 Å². The van der Waals surface area contributed by atoms with Crippen LogP contribution in [0.5, 0.6) is 5.75 Å². The number of hydrogen-bond acceptors (Lipinski definition) is 3. The third-order valence-electron chi connectivity index (χ3n) is 4.37. The third kappa shape index (κ3) is 4.76. The van der Waals surface area contributed by atoms with Crippen LogP contribution in [0.2, 0.25) is 0 Å². The van der Waals surface area contributed by atoms with Crippen molar-refractivity contribution in [1.82, 2.24) is 4.31 Å². The molecule has 3 aromatic carbocycles. The molecule has 0 radical (unpaired) electrons. The largest absolute Gasteiger partial charge is 0.492 e. The van der Waals surface area contributed by atoms with E-state index in [2.05, 4.69) is 12.1 Å². The predicted molar refractivity (Wildman–Crippen MR) is 108 cm³/mol. The van der Waals surface area contributed by atoms with Gasteiger partial charge >= 0.3 is 0 Å². The Morgan fingerprint density at radius 1 is 0.815 bits per heavy atom. The molecule has 0 saturated carbocycles. The molecular weight excluding hydrogens is 358 g/mol. The summed E-state index contributed by atoms with van der Waals surface area (Å²) in [6.07, 6.45) is 0. The minimum Gasteiger partial charge on any atom is -0.492 e. The molecule has 0 aliphatic rings. The van der Waals surface area contributed by atoms with Crippen LogP contribution in [-0.2, 0) is 10.0 Å². The second-order valence-electron chi connectivity index (χ2n) is 6.38. The first-order valence-electron chi connectivity index (χ1n) is 8.78. The van der Waals surface area contributed by atoms with Gasteiger partial charge in [-0.3, -0.25) is 0 Å². The molecule has 140 valence electrons. The molecule has 3 aromatic rings. The van der Waals surface area contributed by atoms with Gasteiger partial charge in [-0.2, -0.15) is 4.31 Å². The first kappa shape index (κ1) is 19.1. The van der Waals surface area contributed by atoms with Crippen LogP contribution < -0.4 is 4.74 Å². The number of ether oxygens (including phenoxy) is 1. The highest BCUT2D eigenvalue weighted by atomic mass is 32.2. The number of sulfonamides is 1. The monoisotopic (exact) mass is 381 g/mol. The molecule has 4 nitrogen and oxygen atoms in total. The number of aryl methyl sites for hydroxylation is 1. The van der Waals surface area contributed by atoms with Crippen LogP contribution in [-0.4, -0.2) is 32.9 Å². The molecule has 0 N–H and O–H groups in total. The van der Waals surface area contributed by atoms with Gasteiger partial charge in [0, 0.05) is 13.6 Å². The Labute approximate surface area is 161 Å². The van der Waals surface area contributed by atoms with E-state index in [9.17, 15) is 8.42 Å². The van der Waals surface area contributed by atoms with Crippen LogP contribution in [0.1, 0.15) is 5.56 Å². The quantitative estimate of drug-likeness (QED) is 0.611. The van der Waals surface area contributed by atoms with Crippen molar-refractivity contribution in [3.8, 4) is 16.9 Å². The molecule has 0 amide bonds. The van der Waals surface area contributed by atoms with Crippen molar-refractivity contribution < 1.29 is 13.2 Å². The molecule has 0 heterocycles. The van der Waals surface area contributed by atoms with Gasteiger partial charge in [-0.1, -0.05) is 60.2 Å². The van der Waals surface area contributed by atoms with Crippen LogP contribution in [0.25, 0.3) is 11.1 Å². The lowest BCUT2D eigenvalue weighted by molar-refractivity contribution is 0.287. The molecule has 0 aliphatic carbocycles. The summed E-state index contributed by atoms with van der Waals surface area (Å²) in [6, 6.07) is 24.8. The van der Waals surface area contributed by atoms with E-state index >= 15 is 0 Å². The van der Waals surface area contributed by atoms with Crippen LogP contribution in [0.3, 0.4) is 0 Å². The summed E-state index contributed by atoms with van der Waals surface area (Å²) in [7, 11) is -1.93. The van der Waals surface area contributed by atoms with Gasteiger partial charge in [-0.25, -0.2) is 8.42 Å². The van der Waals surface area contributed by atoms with Crippen molar-refractivity contribution in [3.63, 3.8) is 0 Å². The Hall–Kier alpha value is -2.63. The topological polar surface area (TPSA) is 46.6 Å². The molecule has 27 heavy (non-hydrogen) atoms. The Morgan fingerprint density at radius 2 is 1.41 bits per heavy atom. The fraction of sp³-hybridized carbons (Fsp3) is 0.182. The summed E-state index contributed by atoms with van der Waals surface area (Å²) >= 11 is 0. The molecule has 0 atom stereocenters. The maximum atomic E-state index is 12.6. The van der Waals surface area contributed by atoms with E-state index in [-0.39, 0.29) is 13.2 Å². The molecule has 0 bridgehead atoms. The second-order valence-corrected chi connectivity index (χ2v) is 8.42. The Bertz CT molecular complexity index is 966. The number of rotatable bonds is 7. The molecule has 5 heteroatoms. The van der Waals surface area contributed by atoms with E-state index in [1.165, 1.54) is 4.31 Å². The van der Waals surface area contributed by atoms with Crippen molar-refractivity contribution in [2.45, 2.75) is 11.8 Å². The maximum absolute atomic E-state index is 12.6. The molecule has 0 unspecified atom stereocenters. The lowest BCUT2D eigenvalue weighted by Crippen LogP contribution is -2.31. The lowest BCUT2D eigenvalue weighted by Gasteiger charge is -2.17. The van der Waals surface area contributed by atoms with Crippen molar-refractivity contribution in [3.05, 3.63) is 84.4 Å². The molecule has 0 fully saturated rings. The Morgan fingerprint density at radius 3 is 2.04 bits per heavy atom. The van der Waals surface area contributed by atoms with Crippen LogP contribution in [0.4, 0.5) is 0 Å². The van der Waals surface area contributed by atoms with E-state index in [0.29, 0.717) is 4.90 Å². The summed E-state index contributed by atoms with van der Waals surface area (Å²) in [5.41, 5.74) is 3.29. The highest BCUT2D eigenvalue weighted by Crippen LogP contribution is 2.22. The van der Waals surface area contributed by atoms with Gasteiger partial charge in [-0.05, 0) is 42.3 Å². The Kier molecular flexibility index (Phi) is 5.94. The lowest BCUT2D eigenvalue weighted by atomic mass is 10.1. The number of benzene rings is 3. The van der Waals surface area contributed by atoms with Gasteiger partial charge < -0.3 is 4.74 Å². The fourth-order valence-electron chi connectivity index (χ4n) is 2.68. The zero-order valence-electron chi connectivity index (χ0n) is 15.5. The summed E-state index contributed by atoms with van der Waals surface area (Å²) in [4.78, 5) is 0.294. The molecule has 0 spiro atoms. The first-order chi connectivity index (χ1) is 13.0. The van der Waals surface area contributed by atoms with Gasteiger partial charge in [0.2, 0.25) is 10.0 Å². The van der Waals surface area contributed by atoms with Crippen LogP contribution in [0.15, 0.2) is 83.8 Å². The van der Waals surface area contributed by atoms with E-state index in [4.69, 9.17) is 4.74 Å². The molecular formula is C22H23NO3S. The highest BCUT2D eigenvalue weighted by Gasteiger charge is 2.20. The van der Waals surface area contributed by atoms with Crippen molar-refractivity contribution in [2.24, 2.45) is 0 Å². The van der Waals surface area contributed by atoms with Crippen molar-refractivity contribution in [2.75, 3.05) is 20.2 Å². The smallest absolute Gasteiger partial charge is 0.242 e. The van der Waals surface area contributed by atoms with E-state index in [1.807, 2.05) is 49.4 Å². The van der Waals surface area contributed by atoms with E-state index in [1.54, 1.807) is 31.3 Å². The number of hydrogen-bond donors (Lipinski definition) is 0. The van der Waals surface area contributed by atoms with Gasteiger partial charge in [0.15, 0.2) is 0 Å². The summed E-state index contributed by atoms with van der Waals surface area (Å²) in [5, 5.41) is 0. The number of nitrogens with zero attached hydrogens (tertiary/aromatic N) is 1.